The summed E-state index contributed by atoms with van der Waals surface area (Å²) in [7, 11) is 0. The summed E-state index contributed by atoms with van der Waals surface area (Å²) in [4.78, 5) is 12.4. The van der Waals surface area contributed by atoms with Crippen molar-refractivity contribution in [3.8, 4) is 22.8 Å². The Hall–Kier alpha value is -2.02. The number of fused-ring (bicyclic) bond motifs is 3. The van der Waals surface area contributed by atoms with Crippen LogP contribution >= 0.6 is 22.6 Å². The van der Waals surface area contributed by atoms with E-state index in [9.17, 15) is 4.79 Å². The Morgan fingerprint density at radius 1 is 1.00 bits per heavy atom. The van der Waals surface area contributed by atoms with Crippen molar-refractivity contribution in [2.24, 2.45) is 0 Å². The Morgan fingerprint density at radius 3 is 2.62 bits per heavy atom. The van der Waals surface area contributed by atoms with E-state index < -0.39 is 5.63 Å². The van der Waals surface area contributed by atoms with E-state index in [-0.39, 0.29) is 6.79 Å². The minimum atomic E-state index is -0.411. The van der Waals surface area contributed by atoms with Gasteiger partial charge in [0.2, 0.25) is 6.79 Å². The molecule has 4 rings (SSSR count). The number of hydrogen-bond donors (Lipinski definition) is 0. The molecule has 21 heavy (non-hydrogen) atoms. The topological polar surface area (TPSA) is 48.7 Å². The molecular formula is C16H9IO4. The van der Waals surface area contributed by atoms with Gasteiger partial charge in [0.25, 0.3) is 0 Å². The fourth-order valence-corrected chi connectivity index (χ4v) is 3.31. The lowest BCUT2D eigenvalue weighted by Gasteiger charge is -2.08. The smallest absolute Gasteiger partial charge is 0.348 e. The van der Waals surface area contributed by atoms with Crippen LogP contribution in [0.3, 0.4) is 0 Å². The minimum absolute atomic E-state index is 0.130. The van der Waals surface area contributed by atoms with Gasteiger partial charge in [0.05, 0.1) is 3.57 Å². The molecule has 0 saturated heterocycles. The second-order valence-corrected chi connectivity index (χ2v) is 5.70. The summed E-state index contributed by atoms with van der Waals surface area (Å²) in [6, 6.07) is 13.3. The van der Waals surface area contributed by atoms with Gasteiger partial charge in [-0.25, -0.2) is 4.79 Å². The summed E-state index contributed by atoms with van der Waals surface area (Å²) in [5.41, 5.74) is 0.463. The van der Waals surface area contributed by atoms with E-state index in [0.29, 0.717) is 22.6 Å². The Bertz CT molecular complexity index is 900. The van der Waals surface area contributed by atoms with Crippen molar-refractivity contribution >= 4 is 33.4 Å². The molecule has 0 aliphatic carbocycles. The molecule has 2 aromatic carbocycles. The van der Waals surface area contributed by atoms with Gasteiger partial charge in [0, 0.05) is 10.9 Å². The second-order valence-electron chi connectivity index (χ2n) is 4.62. The largest absolute Gasteiger partial charge is 0.454 e. The highest BCUT2D eigenvalue weighted by Crippen LogP contribution is 2.40. The maximum Gasteiger partial charge on any atom is 0.348 e. The van der Waals surface area contributed by atoms with Gasteiger partial charge in [-0.1, -0.05) is 30.3 Å². The lowest BCUT2D eigenvalue weighted by atomic mass is 10.1. The molecule has 4 nitrogen and oxygen atoms in total. The molecular weight excluding hydrogens is 383 g/mol. The lowest BCUT2D eigenvalue weighted by Crippen LogP contribution is -2.04. The van der Waals surface area contributed by atoms with Crippen LogP contribution in [0, 0.1) is 3.57 Å². The maximum atomic E-state index is 12.4. The van der Waals surface area contributed by atoms with Crippen LogP contribution in [0.4, 0.5) is 0 Å². The summed E-state index contributed by atoms with van der Waals surface area (Å²) >= 11 is 2.19. The van der Waals surface area contributed by atoms with Crippen molar-refractivity contribution in [3.05, 3.63) is 56.5 Å². The van der Waals surface area contributed by atoms with Gasteiger partial charge in [0.15, 0.2) is 17.3 Å². The first-order valence-electron chi connectivity index (χ1n) is 6.36. The van der Waals surface area contributed by atoms with E-state index in [4.69, 9.17) is 13.9 Å². The molecule has 104 valence electrons. The number of rotatable bonds is 1. The molecule has 2 heterocycles. The monoisotopic (exact) mass is 392 g/mol. The van der Waals surface area contributed by atoms with Crippen LogP contribution in [0.25, 0.3) is 22.1 Å². The zero-order chi connectivity index (χ0) is 14.4. The predicted molar refractivity (Wildman–Crippen MR) is 86.8 cm³/mol. The Morgan fingerprint density at radius 2 is 1.81 bits per heavy atom. The van der Waals surface area contributed by atoms with Gasteiger partial charge in [-0.2, -0.15) is 0 Å². The van der Waals surface area contributed by atoms with Crippen molar-refractivity contribution in [3.63, 3.8) is 0 Å². The minimum Gasteiger partial charge on any atom is -0.454 e. The fourth-order valence-electron chi connectivity index (χ4n) is 2.44. The molecule has 0 bridgehead atoms. The average molecular weight is 392 g/mol. The summed E-state index contributed by atoms with van der Waals surface area (Å²) in [5, 5.41) is 1.25. The highest BCUT2D eigenvalue weighted by molar-refractivity contribution is 14.1. The molecule has 0 spiro atoms. The standard InChI is InChI=1S/C16H9IO4/c17-13-10-6-7-11-15(20-8-19-11)12(10)16(18)21-14(13)9-4-2-1-3-5-9/h1-7H,8H2. The van der Waals surface area contributed by atoms with Gasteiger partial charge in [-0.3, -0.25) is 0 Å². The summed E-state index contributed by atoms with van der Waals surface area (Å²) in [6.07, 6.45) is 0. The van der Waals surface area contributed by atoms with Crippen molar-refractivity contribution < 1.29 is 13.9 Å². The molecule has 0 atom stereocenters. The molecule has 1 aliphatic heterocycles. The van der Waals surface area contributed by atoms with E-state index >= 15 is 0 Å². The molecule has 1 aromatic heterocycles. The highest BCUT2D eigenvalue weighted by atomic mass is 127. The molecule has 0 unspecified atom stereocenters. The number of halogens is 1. The third-order valence-corrected chi connectivity index (χ3v) is 4.48. The van der Waals surface area contributed by atoms with Crippen LogP contribution in [-0.4, -0.2) is 6.79 Å². The van der Waals surface area contributed by atoms with Crippen LogP contribution in [0.5, 0.6) is 11.5 Å². The average Bonchev–Trinajstić information content (AvgIpc) is 2.99. The lowest BCUT2D eigenvalue weighted by molar-refractivity contribution is 0.174. The quantitative estimate of drug-likeness (QED) is 0.592. The third kappa shape index (κ3) is 1.91. The molecule has 1 aliphatic rings. The van der Waals surface area contributed by atoms with E-state index in [2.05, 4.69) is 22.6 Å². The molecule has 0 N–H and O–H groups in total. The summed E-state index contributed by atoms with van der Waals surface area (Å²) in [6.45, 7) is 0.130. The van der Waals surface area contributed by atoms with Gasteiger partial charge >= 0.3 is 5.63 Å². The molecule has 0 saturated carbocycles. The van der Waals surface area contributed by atoms with Gasteiger partial charge < -0.3 is 13.9 Å². The second kappa shape index (κ2) is 4.77. The van der Waals surface area contributed by atoms with E-state index in [1.54, 1.807) is 0 Å². The van der Waals surface area contributed by atoms with Gasteiger partial charge in [0.1, 0.15) is 5.39 Å². The van der Waals surface area contributed by atoms with E-state index in [0.717, 1.165) is 14.5 Å². The normalized spacial score (nSPS) is 12.8. The SMILES string of the molecule is O=c1oc(-c2ccccc2)c(I)c2ccc3c(c12)OCO3. The van der Waals surface area contributed by atoms with Crippen LogP contribution in [0.2, 0.25) is 0 Å². The maximum absolute atomic E-state index is 12.4. The van der Waals surface area contributed by atoms with Crippen molar-refractivity contribution in [1.29, 1.82) is 0 Å². The van der Waals surface area contributed by atoms with Gasteiger partial charge in [-0.15, -0.1) is 0 Å². The third-order valence-electron chi connectivity index (χ3n) is 3.41. The molecule has 0 fully saturated rings. The Balaban J connectivity index is 2.08. The van der Waals surface area contributed by atoms with Crippen LogP contribution in [0.1, 0.15) is 0 Å². The molecule has 5 heteroatoms. The Kier molecular flexibility index (Phi) is 2.88. The van der Waals surface area contributed by atoms with Crippen LogP contribution in [-0.2, 0) is 0 Å². The van der Waals surface area contributed by atoms with Crippen molar-refractivity contribution in [2.45, 2.75) is 0 Å². The van der Waals surface area contributed by atoms with Gasteiger partial charge in [-0.05, 0) is 34.7 Å². The highest BCUT2D eigenvalue weighted by Gasteiger charge is 2.23. The number of ether oxygens (including phenoxy) is 2. The van der Waals surface area contributed by atoms with Crippen LogP contribution < -0.4 is 15.1 Å². The molecule has 0 radical (unpaired) electrons. The summed E-state index contributed by atoms with van der Waals surface area (Å²) in [5.74, 6) is 1.63. The van der Waals surface area contributed by atoms with E-state index in [1.807, 2.05) is 42.5 Å². The first-order valence-corrected chi connectivity index (χ1v) is 7.44. The summed E-state index contributed by atoms with van der Waals surface area (Å²) < 4.78 is 17.1. The first-order chi connectivity index (χ1) is 10.3. The zero-order valence-corrected chi connectivity index (χ0v) is 12.9. The number of benzene rings is 2. The fraction of sp³-hybridized carbons (Fsp3) is 0.0625. The van der Waals surface area contributed by atoms with Crippen molar-refractivity contribution in [2.75, 3.05) is 6.79 Å². The first kappa shape index (κ1) is 12.7. The number of hydrogen-bond acceptors (Lipinski definition) is 4. The van der Waals surface area contributed by atoms with Crippen LogP contribution in [0.15, 0.2) is 51.7 Å². The predicted octanol–water partition coefficient (Wildman–Crippen LogP) is 3.79. The zero-order valence-electron chi connectivity index (χ0n) is 10.8. The Labute approximate surface area is 133 Å². The van der Waals surface area contributed by atoms with E-state index in [1.165, 1.54) is 0 Å². The van der Waals surface area contributed by atoms with Crippen molar-refractivity contribution in [1.82, 2.24) is 0 Å². The molecule has 3 aromatic rings. The molecule has 0 amide bonds.